The van der Waals surface area contributed by atoms with Crippen molar-refractivity contribution < 1.29 is 19.4 Å². The Morgan fingerprint density at radius 3 is 2.73 bits per heavy atom. The van der Waals surface area contributed by atoms with Gasteiger partial charge in [0.2, 0.25) is 5.91 Å². The third kappa shape index (κ3) is 7.24. The molecule has 41 heavy (non-hydrogen) atoms. The van der Waals surface area contributed by atoms with E-state index in [4.69, 9.17) is 26.2 Å². The first-order valence-electron chi connectivity index (χ1n) is 13.3. The summed E-state index contributed by atoms with van der Waals surface area (Å²) in [5, 5.41) is 19.4. The van der Waals surface area contributed by atoms with Crippen LogP contribution in [-0.2, 0) is 17.9 Å². The Labute approximate surface area is 243 Å². The van der Waals surface area contributed by atoms with E-state index in [-0.39, 0.29) is 19.1 Å². The maximum atomic E-state index is 12.9. The van der Waals surface area contributed by atoms with Crippen LogP contribution in [0.25, 0.3) is 0 Å². The van der Waals surface area contributed by atoms with Crippen LogP contribution in [0.1, 0.15) is 12.1 Å². The number of aliphatic hydroxyl groups excluding tert-OH is 1. The number of carbonyl (C=O) groups is 1. The molecule has 0 saturated carbocycles. The summed E-state index contributed by atoms with van der Waals surface area (Å²) >= 11 is 6.12. The molecule has 0 bridgehead atoms. The molecule has 2 aliphatic rings. The summed E-state index contributed by atoms with van der Waals surface area (Å²) in [7, 11) is 0. The first-order valence-corrected chi connectivity index (χ1v) is 13.7. The van der Waals surface area contributed by atoms with Crippen molar-refractivity contribution in [2.75, 3.05) is 37.7 Å². The van der Waals surface area contributed by atoms with Gasteiger partial charge in [-0.2, -0.15) is 5.26 Å². The number of amides is 1. The van der Waals surface area contributed by atoms with Gasteiger partial charge in [-0.15, -0.1) is 0 Å². The second kappa shape index (κ2) is 13.3. The van der Waals surface area contributed by atoms with Crippen LogP contribution in [0, 0.1) is 11.3 Å². The number of piperazine rings is 1. The number of hydrogen-bond acceptors (Lipinski definition) is 7. The fraction of sp³-hybridized carbons (Fsp3) is 0.258. The lowest BCUT2D eigenvalue weighted by molar-refractivity contribution is -0.121. The number of allylic oxidation sites excluding steroid dienone is 5. The number of nitrogens with zero attached hydrogens (tertiary/aromatic N) is 5. The molecule has 2 aromatic carbocycles. The second-order valence-electron chi connectivity index (χ2n) is 9.69. The van der Waals surface area contributed by atoms with Gasteiger partial charge in [0.15, 0.2) is 0 Å². The maximum absolute atomic E-state index is 12.9. The largest absolute Gasteiger partial charge is 0.491 e. The summed E-state index contributed by atoms with van der Waals surface area (Å²) in [5.41, 5.74) is 3.32. The smallest absolute Gasteiger partial charge is 0.241 e. The number of carbonyl (C=O) groups excluding carboxylic acids is 1. The van der Waals surface area contributed by atoms with Crippen molar-refractivity contribution in [2.45, 2.75) is 19.5 Å². The molecule has 1 N–H and O–H groups in total. The van der Waals surface area contributed by atoms with Crippen molar-refractivity contribution in [3.63, 3.8) is 0 Å². The third-order valence-electron chi connectivity index (χ3n) is 6.79. The zero-order chi connectivity index (χ0) is 28.6. The molecule has 1 amide bonds. The van der Waals surface area contributed by atoms with E-state index in [0.29, 0.717) is 60.5 Å². The number of anilines is 1. The van der Waals surface area contributed by atoms with Gasteiger partial charge in [-0.25, -0.2) is 4.98 Å². The average Bonchev–Trinajstić information content (AvgIpc) is 3.31. The Hall–Kier alpha value is -4.36. The zero-order valence-corrected chi connectivity index (χ0v) is 23.2. The SMILES string of the molecule is N#CC1=CC=C(Cn2cncc2CN2CCN(c3cccc(Cl)c3)C(=O)C2)CC=C1Oc1cccc(OCCO)c1. The molecule has 1 fully saturated rings. The normalized spacial score (nSPS) is 15.9. The van der Waals surface area contributed by atoms with Crippen molar-refractivity contribution in [1.29, 1.82) is 5.26 Å². The van der Waals surface area contributed by atoms with Crippen LogP contribution in [0.2, 0.25) is 5.02 Å². The molecular formula is C31H30ClN5O4. The molecule has 210 valence electrons. The minimum absolute atomic E-state index is 0.0355. The van der Waals surface area contributed by atoms with Crippen molar-refractivity contribution in [1.82, 2.24) is 14.5 Å². The van der Waals surface area contributed by atoms with Crippen molar-refractivity contribution in [3.05, 3.63) is 107 Å². The standard InChI is InChI=1S/C31H30ClN5O4/c32-25-3-1-4-26(15-25)37-12-11-35(21-31(37)39)20-27-18-34-22-36(27)19-23-7-9-24(17-33)30(10-8-23)41-29-6-2-5-28(16-29)40-14-13-38/h1-7,9-10,15-16,18,22,38H,8,11-14,19-21H2. The predicted octanol–water partition coefficient (Wildman–Crippen LogP) is 4.50. The molecule has 9 nitrogen and oxygen atoms in total. The number of rotatable bonds is 10. The fourth-order valence-electron chi connectivity index (χ4n) is 4.75. The molecule has 5 rings (SSSR count). The van der Waals surface area contributed by atoms with E-state index in [9.17, 15) is 10.1 Å². The summed E-state index contributed by atoms with van der Waals surface area (Å²) in [5.74, 6) is 1.62. The van der Waals surface area contributed by atoms with E-state index < -0.39 is 0 Å². The van der Waals surface area contributed by atoms with Crippen LogP contribution >= 0.6 is 11.6 Å². The Bertz CT molecular complexity index is 1540. The highest BCUT2D eigenvalue weighted by atomic mass is 35.5. The van der Waals surface area contributed by atoms with Gasteiger partial charge in [0, 0.05) is 49.2 Å². The van der Waals surface area contributed by atoms with Crippen LogP contribution in [-0.4, -0.2) is 58.3 Å². The van der Waals surface area contributed by atoms with Gasteiger partial charge >= 0.3 is 0 Å². The molecule has 10 heteroatoms. The first-order chi connectivity index (χ1) is 20.0. The van der Waals surface area contributed by atoms with Crippen LogP contribution in [0.15, 0.2) is 96.2 Å². The molecule has 1 saturated heterocycles. The number of nitriles is 1. The Balaban J connectivity index is 1.21. The Morgan fingerprint density at radius 2 is 1.93 bits per heavy atom. The lowest BCUT2D eigenvalue weighted by Crippen LogP contribution is -2.50. The van der Waals surface area contributed by atoms with Crippen molar-refractivity contribution in [3.8, 4) is 17.6 Å². The fourth-order valence-corrected chi connectivity index (χ4v) is 4.94. The molecule has 1 aromatic heterocycles. The quantitative estimate of drug-likeness (QED) is 0.382. The summed E-state index contributed by atoms with van der Waals surface area (Å²) in [4.78, 5) is 21.2. The summed E-state index contributed by atoms with van der Waals surface area (Å²) in [6.45, 7) is 2.93. The van der Waals surface area contributed by atoms with E-state index in [0.717, 1.165) is 23.5 Å². The summed E-state index contributed by atoms with van der Waals surface area (Å²) in [6.07, 6.45) is 9.83. The molecule has 2 heterocycles. The number of imidazole rings is 1. The lowest BCUT2D eigenvalue weighted by Gasteiger charge is -2.34. The molecule has 1 aliphatic heterocycles. The van der Waals surface area contributed by atoms with Crippen LogP contribution in [0.3, 0.4) is 0 Å². The Morgan fingerprint density at radius 1 is 1.07 bits per heavy atom. The number of hydrogen-bond donors (Lipinski definition) is 1. The first kappa shape index (κ1) is 28.2. The minimum atomic E-state index is -0.0800. The van der Waals surface area contributed by atoms with E-state index in [1.54, 1.807) is 47.6 Å². The van der Waals surface area contributed by atoms with Gasteiger partial charge in [0.25, 0.3) is 0 Å². The Kier molecular flexibility index (Phi) is 9.16. The van der Waals surface area contributed by atoms with Gasteiger partial charge in [0.05, 0.1) is 30.7 Å². The van der Waals surface area contributed by atoms with Crippen LogP contribution in [0.5, 0.6) is 11.5 Å². The highest BCUT2D eigenvalue weighted by Crippen LogP contribution is 2.27. The summed E-state index contributed by atoms with van der Waals surface area (Å²) < 4.78 is 13.6. The molecule has 0 spiro atoms. The van der Waals surface area contributed by atoms with Gasteiger partial charge in [-0.05, 0) is 54.5 Å². The van der Waals surface area contributed by atoms with Gasteiger partial charge in [-0.3, -0.25) is 9.69 Å². The molecule has 0 unspecified atom stereocenters. The van der Waals surface area contributed by atoms with Gasteiger partial charge in [0.1, 0.15) is 29.9 Å². The van der Waals surface area contributed by atoms with E-state index in [2.05, 4.69) is 20.5 Å². The highest BCUT2D eigenvalue weighted by molar-refractivity contribution is 6.30. The molecule has 0 atom stereocenters. The van der Waals surface area contributed by atoms with Crippen LogP contribution in [0.4, 0.5) is 5.69 Å². The highest BCUT2D eigenvalue weighted by Gasteiger charge is 2.26. The lowest BCUT2D eigenvalue weighted by atomic mass is 10.1. The summed E-state index contributed by atoms with van der Waals surface area (Å²) in [6, 6.07) is 16.7. The number of aromatic nitrogens is 2. The van der Waals surface area contributed by atoms with Gasteiger partial charge < -0.3 is 24.0 Å². The van der Waals surface area contributed by atoms with Gasteiger partial charge in [-0.1, -0.05) is 29.8 Å². The average molecular weight is 572 g/mol. The van der Waals surface area contributed by atoms with Crippen molar-refractivity contribution >= 4 is 23.2 Å². The predicted molar refractivity (Wildman–Crippen MR) is 155 cm³/mol. The molecular weight excluding hydrogens is 542 g/mol. The third-order valence-corrected chi connectivity index (χ3v) is 7.03. The molecule has 1 aliphatic carbocycles. The van der Waals surface area contributed by atoms with Crippen molar-refractivity contribution in [2.24, 2.45) is 0 Å². The molecule has 0 radical (unpaired) electrons. The topological polar surface area (TPSA) is 104 Å². The van der Waals surface area contributed by atoms with E-state index >= 15 is 0 Å². The zero-order valence-electron chi connectivity index (χ0n) is 22.4. The van der Waals surface area contributed by atoms with E-state index in [1.165, 1.54) is 0 Å². The molecule has 3 aromatic rings. The number of ether oxygens (including phenoxy) is 2. The van der Waals surface area contributed by atoms with Crippen LogP contribution < -0.4 is 14.4 Å². The second-order valence-corrected chi connectivity index (χ2v) is 10.1. The van der Waals surface area contributed by atoms with E-state index in [1.807, 2.05) is 36.5 Å². The number of benzene rings is 2. The monoisotopic (exact) mass is 571 g/mol. The maximum Gasteiger partial charge on any atom is 0.241 e. The minimum Gasteiger partial charge on any atom is -0.491 e. The number of halogens is 1. The number of aliphatic hydroxyl groups is 1.